The highest BCUT2D eigenvalue weighted by Crippen LogP contribution is 2.34. The highest BCUT2D eigenvalue weighted by Gasteiger charge is 2.40. The van der Waals surface area contributed by atoms with Crippen molar-refractivity contribution >= 4 is 54.0 Å². The van der Waals surface area contributed by atoms with Gasteiger partial charge in [-0.3, -0.25) is 14.4 Å². The predicted octanol–water partition coefficient (Wildman–Crippen LogP) is 3.84. The van der Waals surface area contributed by atoms with Crippen LogP contribution < -0.4 is 9.64 Å². The summed E-state index contributed by atoms with van der Waals surface area (Å²) in [5.74, 6) is 0.450. The van der Waals surface area contributed by atoms with E-state index >= 15 is 0 Å². The Labute approximate surface area is 211 Å². The molecular formula is C23H25N5O4S3. The summed E-state index contributed by atoms with van der Waals surface area (Å²) in [6.45, 7) is 1.10. The molecule has 4 aromatic rings. The van der Waals surface area contributed by atoms with E-state index in [0.717, 1.165) is 23.1 Å². The number of anilines is 1. The van der Waals surface area contributed by atoms with Crippen LogP contribution >= 0.6 is 22.7 Å². The second kappa shape index (κ2) is 10.1. The summed E-state index contributed by atoms with van der Waals surface area (Å²) in [6.07, 6.45) is 5.51. The largest absolute Gasteiger partial charge is 0.497 e. The Morgan fingerprint density at radius 3 is 2.89 bits per heavy atom. The monoisotopic (exact) mass is 531 g/mol. The van der Waals surface area contributed by atoms with Gasteiger partial charge < -0.3 is 4.74 Å². The van der Waals surface area contributed by atoms with Gasteiger partial charge in [0.15, 0.2) is 5.13 Å². The number of carbonyl (C=O) groups is 1. The van der Waals surface area contributed by atoms with E-state index in [0.29, 0.717) is 36.9 Å². The maximum atomic E-state index is 14.0. The van der Waals surface area contributed by atoms with Crippen LogP contribution in [-0.2, 0) is 21.4 Å². The maximum absolute atomic E-state index is 14.0. The molecule has 0 saturated carbocycles. The maximum Gasteiger partial charge on any atom is 0.253 e. The van der Waals surface area contributed by atoms with E-state index in [-0.39, 0.29) is 10.1 Å². The van der Waals surface area contributed by atoms with E-state index in [2.05, 4.69) is 5.10 Å². The summed E-state index contributed by atoms with van der Waals surface area (Å²) >= 11 is 2.56. The van der Waals surface area contributed by atoms with E-state index in [1.54, 1.807) is 40.4 Å². The Bertz CT molecular complexity index is 1400. The van der Waals surface area contributed by atoms with Crippen molar-refractivity contribution in [2.75, 3.05) is 25.1 Å². The van der Waals surface area contributed by atoms with Crippen molar-refractivity contribution in [1.29, 1.82) is 0 Å². The van der Waals surface area contributed by atoms with Gasteiger partial charge in [0.05, 0.1) is 23.9 Å². The van der Waals surface area contributed by atoms with Crippen molar-refractivity contribution in [1.82, 2.24) is 19.1 Å². The summed E-state index contributed by atoms with van der Waals surface area (Å²) < 4.78 is 36.4. The molecule has 0 bridgehead atoms. The minimum Gasteiger partial charge on any atom is -0.497 e. The second-order valence-electron chi connectivity index (χ2n) is 8.15. The van der Waals surface area contributed by atoms with Gasteiger partial charge in [0.1, 0.15) is 16.0 Å². The molecule has 0 radical (unpaired) electrons. The van der Waals surface area contributed by atoms with Gasteiger partial charge in [0.25, 0.3) is 10.0 Å². The number of carbonyl (C=O) groups excluding carboxylic acids is 1. The van der Waals surface area contributed by atoms with Crippen LogP contribution in [0.3, 0.4) is 0 Å². The van der Waals surface area contributed by atoms with Crippen LogP contribution in [0.1, 0.15) is 19.3 Å². The number of rotatable bonds is 8. The van der Waals surface area contributed by atoms with Crippen molar-refractivity contribution in [3.05, 3.63) is 54.2 Å². The Kier molecular flexibility index (Phi) is 6.87. The summed E-state index contributed by atoms with van der Waals surface area (Å²) in [5.41, 5.74) is 0.759. The molecule has 1 aliphatic rings. The van der Waals surface area contributed by atoms with Crippen molar-refractivity contribution in [2.45, 2.75) is 36.1 Å². The van der Waals surface area contributed by atoms with E-state index in [4.69, 9.17) is 9.72 Å². The van der Waals surface area contributed by atoms with Gasteiger partial charge in [-0.25, -0.2) is 13.4 Å². The molecule has 0 spiro atoms. The average molecular weight is 532 g/mol. The number of piperidine rings is 1. The number of sulfonamides is 1. The number of hydrogen-bond acceptors (Lipinski definition) is 8. The average Bonchev–Trinajstić information content (AvgIpc) is 3.65. The van der Waals surface area contributed by atoms with Crippen LogP contribution in [0.15, 0.2) is 58.4 Å². The van der Waals surface area contributed by atoms with Gasteiger partial charge in [-0.15, -0.1) is 11.3 Å². The van der Waals surface area contributed by atoms with Crippen molar-refractivity contribution < 1.29 is 17.9 Å². The molecule has 0 N–H and O–H groups in total. The number of fused-ring (bicyclic) bond motifs is 1. The summed E-state index contributed by atoms with van der Waals surface area (Å²) in [7, 11) is -2.16. The van der Waals surface area contributed by atoms with Gasteiger partial charge in [-0.2, -0.15) is 9.40 Å². The Balaban J connectivity index is 1.50. The summed E-state index contributed by atoms with van der Waals surface area (Å²) in [4.78, 5) is 20.4. The molecule has 1 aliphatic heterocycles. The van der Waals surface area contributed by atoms with Crippen LogP contribution in [0.25, 0.3) is 10.2 Å². The topological polar surface area (TPSA) is 97.6 Å². The molecule has 1 atom stereocenters. The number of methoxy groups -OCH3 is 1. The molecule has 9 nitrogen and oxygen atoms in total. The van der Waals surface area contributed by atoms with Crippen LogP contribution in [0.2, 0.25) is 0 Å². The van der Waals surface area contributed by atoms with Crippen LogP contribution in [0.5, 0.6) is 5.75 Å². The molecular weight excluding hydrogens is 506 g/mol. The van der Waals surface area contributed by atoms with Crippen molar-refractivity contribution in [3.8, 4) is 5.75 Å². The summed E-state index contributed by atoms with van der Waals surface area (Å²) in [5, 5.41) is 6.51. The predicted molar refractivity (Wildman–Crippen MR) is 137 cm³/mol. The molecule has 1 unspecified atom stereocenters. The Hall–Kier alpha value is -2.80. The first-order chi connectivity index (χ1) is 17.0. The number of benzene rings is 1. The molecule has 5 rings (SSSR count). The molecule has 1 amide bonds. The number of thiophene rings is 1. The minimum absolute atomic E-state index is 0.257. The van der Waals surface area contributed by atoms with E-state index < -0.39 is 16.1 Å². The van der Waals surface area contributed by atoms with Crippen molar-refractivity contribution in [2.24, 2.45) is 0 Å². The van der Waals surface area contributed by atoms with Gasteiger partial charge in [0.2, 0.25) is 5.91 Å². The van der Waals surface area contributed by atoms with Gasteiger partial charge >= 0.3 is 0 Å². The minimum atomic E-state index is -3.77. The summed E-state index contributed by atoms with van der Waals surface area (Å²) in [6, 6.07) is 9.93. The zero-order valence-electron chi connectivity index (χ0n) is 19.1. The Morgan fingerprint density at radius 2 is 2.14 bits per heavy atom. The number of thiazole rings is 1. The first-order valence-corrected chi connectivity index (χ1v) is 14.4. The molecule has 4 heterocycles. The fourth-order valence-corrected chi connectivity index (χ4v) is 8.01. The standard InChI is InChI=1S/C23H25N5O4S3/c1-32-17-8-9-18-20(16-17)34-23(25-18)27(14-13-26-11-5-10-24-26)22(29)19-6-2-3-12-28(19)35(30,31)21-7-4-15-33-21/h4-5,7-11,15-16,19H,2-3,6,12-14H2,1H3. The number of amides is 1. The zero-order valence-corrected chi connectivity index (χ0v) is 21.6. The second-order valence-corrected chi connectivity index (χ2v) is 12.2. The molecule has 1 fully saturated rings. The lowest BCUT2D eigenvalue weighted by Gasteiger charge is -2.35. The van der Waals surface area contributed by atoms with Gasteiger partial charge in [-0.1, -0.05) is 23.8 Å². The van der Waals surface area contributed by atoms with E-state index in [1.165, 1.54) is 27.0 Å². The normalized spacial score (nSPS) is 17.0. The van der Waals surface area contributed by atoms with Gasteiger partial charge in [0, 0.05) is 25.5 Å². The quantitative estimate of drug-likeness (QED) is 0.343. The lowest BCUT2D eigenvalue weighted by molar-refractivity contribution is -0.123. The van der Waals surface area contributed by atoms with E-state index in [1.807, 2.05) is 30.5 Å². The van der Waals surface area contributed by atoms with Crippen LogP contribution in [-0.4, -0.2) is 59.6 Å². The lowest BCUT2D eigenvalue weighted by atomic mass is 10.0. The molecule has 12 heteroatoms. The fraction of sp³-hybridized carbons (Fsp3) is 0.348. The van der Waals surface area contributed by atoms with Gasteiger partial charge in [-0.05, 0) is 48.6 Å². The third kappa shape index (κ3) is 4.83. The lowest BCUT2D eigenvalue weighted by Crippen LogP contribution is -2.53. The third-order valence-electron chi connectivity index (χ3n) is 5.99. The van der Waals surface area contributed by atoms with Crippen LogP contribution in [0, 0.1) is 0 Å². The number of nitrogens with zero attached hydrogens (tertiary/aromatic N) is 5. The molecule has 1 aromatic carbocycles. The number of hydrogen-bond donors (Lipinski definition) is 0. The molecule has 3 aromatic heterocycles. The number of aromatic nitrogens is 3. The molecule has 184 valence electrons. The first-order valence-electron chi connectivity index (χ1n) is 11.3. The molecule has 0 aliphatic carbocycles. The first kappa shape index (κ1) is 23.9. The highest BCUT2D eigenvalue weighted by molar-refractivity contribution is 7.91. The molecule has 1 saturated heterocycles. The number of ether oxygens (including phenoxy) is 1. The zero-order chi connectivity index (χ0) is 24.4. The Morgan fingerprint density at radius 1 is 1.26 bits per heavy atom. The SMILES string of the molecule is COc1ccc2nc(N(CCn3cccn3)C(=O)C3CCCCN3S(=O)(=O)c3cccs3)sc2c1. The van der Waals surface area contributed by atoms with Crippen LogP contribution in [0.4, 0.5) is 5.13 Å². The van der Waals surface area contributed by atoms with E-state index in [9.17, 15) is 13.2 Å². The highest BCUT2D eigenvalue weighted by atomic mass is 32.2. The third-order valence-corrected chi connectivity index (χ3v) is 10.3. The molecule has 35 heavy (non-hydrogen) atoms. The fourth-order valence-electron chi connectivity index (χ4n) is 4.22. The smallest absolute Gasteiger partial charge is 0.253 e. The van der Waals surface area contributed by atoms with Crippen molar-refractivity contribution in [3.63, 3.8) is 0 Å².